The highest BCUT2D eigenvalue weighted by molar-refractivity contribution is 6.03. The minimum Gasteiger partial charge on any atom is -0.354 e. The van der Waals surface area contributed by atoms with Crippen LogP contribution in [0.3, 0.4) is 0 Å². The van der Waals surface area contributed by atoms with Crippen LogP contribution in [0.15, 0.2) is 66.9 Å². The van der Waals surface area contributed by atoms with E-state index in [1.54, 1.807) is 24.4 Å². The summed E-state index contributed by atoms with van der Waals surface area (Å²) >= 11 is 0. The van der Waals surface area contributed by atoms with E-state index in [0.29, 0.717) is 5.82 Å². The van der Waals surface area contributed by atoms with Gasteiger partial charge in [-0.05, 0) is 42.3 Å². The zero-order valence-corrected chi connectivity index (χ0v) is 13.8. The first-order valence-corrected chi connectivity index (χ1v) is 8.04. The number of nitrogens with zero attached hydrogens (tertiary/aromatic N) is 1. The SMILES string of the molecule is CCc1ccccc1Nc1ccc(NC(=O)c2ccccc2F)nc1. The van der Waals surface area contributed by atoms with Gasteiger partial charge in [0.05, 0.1) is 17.4 Å². The number of anilines is 3. The number of hydrogen-bond donors (Lipinski definition) is 2. The van der Waals surface area contributed by atoms with Gasteiger partial charge in [0.25, 0.3) is 5.91 Å². The maximum Gasteiger partial charge on any atom is 0.259 e. The number of carbonyl (C=O) groups is 1. The molecule has 126 valence electrons. The van der Waals surface area contributed by atoms with Gasteiger partial charge >= 0.3 is 0 Å². The molecule has 0 fully saturated rings. The van der Waals surface area contributed by atoms with E-state index in [-0.39, 0.29) is 5.56 Å². The van der Waals surface area contributed by atoms with Gasteiger partial charge in [-0.25, -0.2) is 9.37 Å². The Hall–Kier alpha value is -3.21. The molecule has 2 N–H and O–H groups in total. The van der Waals surface area contributed by atoms with Crippen LogP contribution in [0.2, 0.25) is 0 Å². The average molecular weight is 335 g/mol. The van der Waals surface area contributed by atoms with Crippen LogP contribution in [0.25, 0.3) is 0 Å². The van der Waals surface area contributed by atoms with Gasteiger partial charge in [0.15, 0.2) is 0 Å². The molecule has 1 heterocycles. The fraction of sp³-hybridized carbons (Fsp3) is 0.100. The molecule has 1 amide bonds. The summed E-state index contributed by atoms with van der Waals surface area (Å²) in [6, 6.07) is 17.4. The van der Waals surface area contributed by atoms with Crippen LogP contribution in [0.5, 0.6) is 0 Å². The van der Waals surface area contributed by atoms with E-state index in [4.69, 9.17) is 0 Å². The zero-order valence-electron chi connectivity index (χ0n) is 13.8. The molecule has 3 rings (SSSR count). The summed E-state index contributed by atoms with van der Waals surface area (Å²) in [6.07, 6.45) is 2.55. The van der Waals surface area contributed by atoms with Crippen LogP contribution in [0, 0.1) is 5.82 Å². The summed E-state index contributed by atoms with van der Waals surface area (Å²) in [7, 11) is 0. The lowest BCUT2D eigenvalue weighted by Gasteiger charge is -2.11. The lowest BCUT2D eigenvalue weighted by Crippen LogP contribution is -2.14. The van der Waals surface area contributed by atoms with Crippen molar-refractivity contribution in [1.29, 1.82) is 0 Å². The van der Waals surface area contributed by atoms with Crippen molar-refractivity contribution in [2.45, 2.75) is 13.3 Å². The standard InChI is InChI=1S/C20H18FN3O/c1-2-14-7-3-6-10-18(14)23-15-11-12-19(22-13-15)24-20(25)16-8-4-5-9-17(16)21/h3-13,23H,2H2,1H3,(H,22,24,25). The Morgan fingerprint density at radius 1 is 1.04 bits per heavy atom. The molecule has 25 heavy (non-hydrogen) atoms. The summed E-state index contributed by atoms with van der Waals surface area (Å²) in [5, 5.41) is 5.90. The number of para-hydroxylation sites is 1. The van der Waals surface area contributed by atoms with Crippen LogP contribution >= 0.6 is 0 Å². The Morgan fingerprint density at radius 3 is 2.52 bits per heavy atom. The van der Waals surface area contributed by atoms with Crippen molar-refractivity contribution in [2.24, 2.45) is 0 Å². The Balaban J connectivity index is 1.70. The normalized spacial score (nSPS) is 10.3. The number of halogens is 1. The van der Waals surface area contributed by atoms with Gasteiger partial charge in [0.2, 0.25) is 0 Å². The summed E-state index contributed by atoms with van der Waals surface area (Å²) in [5.74, 6) is -0.723. The second kappa shape index (κ2) is 7.57. The highest BCUT2D eigenvalue weighted by Gasteiger charge is 2.11. The summed E-state index contributed by atoms with van der Waals surface area (Å²) in [5.41, 5.74) is 3.03. The molecule has 0 bridgehead atoms. The molecule has 2 aromatic carbocycles. The molecule has 3 aromatic rings. The van der Waals surface area contributed by atoms with E-state index in [2.05, 4.69) is 28.6 Å². The lowest BCUT2D eigenvalue weighted by atomic mass is 10.1. The second-order valence-corrected chi connectivity index (χ2v) is 5.50. The van der Waals surface area contributed by atoms with E-state index in [1.165, 1.54) is 17.7 Å². The Morgan fingerprint density at radius 2 is 1.80 bits per heavy atom. The fourth-order valence-electron chi connectivity index (χ4n) is 2.48. The van der Waals surface area contributed by atoms with Crippen LogP contribution in [0.4, 0.5) is 21.6 Å². The second-order valence-electron chi connectivity index (χ2n) is 5.50. The van der Waals surface area contributed by atoms with Gasteiger partial charge in [-0.3, -0.25) is 4.79 Å². The molecule has 0 radical (unpaired) electrons. The quantitative estimate of drug-likeness (QED) is 0.705. The van der Waals surface area contributed by atoms with E-state index >= 15 is 0 Å². The number of hydrogen-bond acceptors (Lipinski definition) is 3. The van der Waals surface area contributed by atoms with Crippen molar-refractivity contribution in [3.05, 3.63) is 83.8 Å². The molecule has 0 spiro atoms. The van der Waals surface area contributed by atoms with E-state index < -0.39 is 11.7 Å². The van der Waals surface area contributed by atoms with Crippen molar-refractivity contribution in [3.8, 4) is 0 Å². The number of aryl methyl sites for hydroxylation is 1. The van der Waals surface area contributed by atoms with Crippen LogP contribution in [0.1, 0.15) is 22.8 Å². The predicted octanol–water partition coefficient (Wildman–Crippen LogP) is 4.78. The molecule has 0 aliphatic rings. The highest BCUT2D eigenvalue weighted by Crippen LogP contribution is 2.21. The summed E-state index contributed by atoms with van der Waals surface area (Å²) < 4.78 is 13.6. The van der Waals surface area contributed by atoms with Gasteiger partial charge in [-0.1, -0.05) is 37.3 Å². The number of pyridine rings is 1. The number of carbonyl (C=O) groups excluding carboxylic acids is 1. The van der Waals surface area contributed by atoms with E-state index in [1.807, 2.05) is 24.3 Å². The molecule has 0 atom stereocenters. The average Bonchev–Trinajstić information content (AvgIpc) is 2.64. The maximum absolute atomic E-state index is 13.6. The van der Waals surface area contributed by atoms with E-state index in [9.17, 15) is 9.18 Å². The van der Waals surface area contributed by atoms with Crippen LogP contribution < -0.4 is 10.6 Å². The van der Waals surface area contributed by atoms with Gasteiger partial charge in [-0.15, -0.1) is 0 Å². The van der Waals surface area contributed by atoms with Gasteiger partial charge in [0, 0.05) is 5.69 Å². The zero-order chi connectivity index (χ0) is 17.6. The third-order valence-electron chi connectivity index (χ3n) is 3.80. The van der Waals surface area contributed by atoms with Crippen molar-refractivity contribution < 1.29 is 9.18 Å². The minimum absolute atomic E-state index is 0.0108. The third kappa shape index (κ3) is 4.01. The van der Waals surface area contributed by atoms with Crippen molar-refractivity contribution in [3.63, 3.8) is 0 Å². The topological polar surface area (TPSA) is 54.0 Å². The maximum atomic E-state index is 13.6. The number of nitrogens with one attached hydrogen (secondary N) is 2. The molecule has 0 aliphatic carbocycles. The summed E-state index contributed by atoms with van der Waals surface area (Å²) in [4.78, 5) is 16.3. The predicted molar refractivity (Wildman–Crippen MR) is 97.7 cm³/mol. The first-order chi connectivity index (χ1) is 12.2. The molecular formula is C20H18FN3O. The van der Waals surface area contributed by atoms with Gasteiger partial charge in [0.1, 0.15) is 11.6 Å². The molecular weight excluding hydrogens is 317 g/mol. The number of rotatable bonds is 5. The number of amides is 1. The fourth-order valence-corrected chi connectivity index (χ4v) is 2.48. The summed E-state index contributed by atoms with van der Waals surface area (Å²) in [6.45, 7) is 2.10. The molecule has 1 aromatic heterocycles. The minimum atomic E-state index is -0.561. The largest absolute Gasteiger partial charge is 0.354 e. The van der Waals surface area contributed by atoms with Crippen LogP contribution in [-0.4, -0.2) is 10.9 Å². The first kappa shape index (κ1) is 16.6. The Labute approximate surface area is 145 Å². The number of aromatic nitrogens is 1. The molecule has 4 nitrogen and oxygen atoms in total. The third-order valence-corrected chi connectivity index (χ3v) is 3.80. The molecule has 0 unspecified atom stereocenters. The first-order valence-electron chi connectivity index (χ1n) is 8.04. The molecule has 0 aliphatic heterocycles. The van der Waals surface area contributed by atoms with Crippen molar-refractivity contribution in [1.82, 2.24) is 4.98 Å². The molecule has 5 heteroatoms. The van der Waals surface area contributed by atoms with Crippen LogP contribution in [-0.2, 0) is 6.42 Å². The van der Waals surface area contributed by atoms with Crippen molar-refractivity contribution in [2.75, 3.05) is 10.6 Å². The van der Waals surface area contributed by atoms with Gasteiger partial charge < -0.3 is 10.6 Å². The lowest BCUT2D eigenvalue weighted by molar-refractivity contribution is 0.102. The molecule has 0 saturated heterocycles. The smallest absolute Gasteiger partial charge is 0.259 e. The molecule has 0 saturated carbocycles. The number of benzene rings is 2. The van der Waals surface area contributed by atoms with E-state index in [0.717, 1.165) is 17.8 Å². The monoisotopic (exact) mass is 335 g/mol. The Bertz CT molecular complexity index is 878. The van der Waals surface area contributed by atoms with Crippen molar-refractivity contribution >= 4 is 23.1 Å². The highest BCUT2D eigenvalue weighted by atomic mass is 19.1. The van der Waals surface area contributed by atoms with Gasteiger partial charge in [-0.2, -0.15) is 0 Å². The Kier molecular flexibility index (Phi) is 5.04.